The lowest BCUT2D eigenvalue weighted by Crippen LogP contribution is -2.18. The zero-order chi connectivity index (χ0) is 11.0. The van der Waals surface area contributed by atoms with Crippen LogP contribution in [0.1, 0.15) is 18.5 Å². The molecule has 0 bridgehead atoms. The summed E-state index contributed by atoms with van der Waals surface area (Å²) in [5.74, 6) is 0. The van der Waals surface area contributed by atoms with Crippen molar-refractivity contribution in [2.24, 2.45) is 11.1 Å². The van der Waals surface area contributed by atoms with Crippen LogP contribution < -0.4 is 5.73 Å². The minimum atomic E-state index is 0.330. The molecule has 3 rings (SSSR count). The fourth-order valence-electron chi connectivity index (χ4n) is 2.09. The lowest BCUT2D eigenvalue weighted by Gasteiger charge is -2.11. The van der Waals surface area contributed by atoms with E-state index in [-0.39, 0.29) is 0 Å². The Morgan fingerprint density at radius 1 is 1.19 bits per heavy atom. The topological polar surface area (TPSA) is 51.8 Å². The lowest BCUT2D eigenvalue weighted by atomic mass is 10.0. The molecule has 1 aromatic heterocycles. The van der Waals surface area contributed by atoms with Crippen molar-refractivity contribution in [1.29, 1.82) is 0 Å². The summed E-state index contributed by atoms with van der Waals surface area (Å²) in [6.07, 6.45) is 5.33. The van der Waals surface area contributed by atoms with Crippen molar-refractivity contribution in [3.63, 3.8) is 0 Å². The van der Waals surface area contributed by atoms with Gasteiger partial charge in [0.2, 0.25) is 0 Å². The Morgan fingerprint density at radius 2 is 1.94 bits per heavy atom. The number of nitrogens with zero attached hydrogens (tertiary/aromatic N) is 2. The smallest absolute Gasteiger partial charge is 0.0890 e. The van der Waals surface area contributed by atoms with Crippen molar-refractivity contribution in [3.8, 4) is 0 Å². The lowest BCUT2D eigenvalue weighted by molar-refractivity contribution is 0.514. The Hall–Kier alpha value is -1.48. The molecule has 3 nitrogen and oxygen atoms in total. The highest BCUT2D eigenvalue weighted by molar-refractivity contribution is 5.73. The van der Waals surface area contributed by atoms with Crippen LogP contribution in [0.5, 0.6) is 0 Å². The van der Waals surface area contributed by atoms with Crippen LogP contribution >= 0.6 is 0 Å². The molecule has 1 aliphatic rings. The molecule has 1 aromatic carbocycles. The second kappa shape index (κ2) is 3.52. The molecule has 0 saturated heterocycles. The van der Waals surface area contributed by atoms with Gasteiger partial charge in [-0.05, 0) is 43.4 Å². The number of aromatic nitrogens is 2. The number of nitrogens with two attached hydrogens (primary N) is 1. The van der Waals surface area contributed by atoms with Crippen LogP contribution in [0.4, 0.5) is 0 Å². The standard InChI is InChI=1S/C13H15N3/c14-9-13(5-6-13)7-10-8-15-11-3-1-2-4-12(11)16-10/h1-4,8H,5-7,9,14H2. The average Bonchev–Trinajstić information content (AvgIpc) is 3.09. The molecule has 16 heavy (non-hydrogen) atoms. The molecular formula is C13H15N3. The van der Waals surface area contributed by atoms with E-state index in [2.05, 4.69) is 9.97 Å². The third-order valence-corrected chi connectivity index (χ3v) is 3.44. The van der Waals surface area contributed by atoms with E-state index < -0.39 is 0 Å². The summed E-state index contributed by atoms with van der Waals surface area (Å²) in [6, 6.07) is 7.98. The van der Waals surface area contributed by atoms with Crippen molar-refractivity contribution in [1.82, 2.24) is 9.97 Å². The number of hydrogen-bond donors (Lipinski definition) is 1. The summed E-state index contributed by atoms with van der Waals surface area (Å²) in [6.45, 7) is 0.765. The van der Waals surface area contributed by atoms with Crippen molar-refractivity contribution in [2.45, 2.75) is 19.3 Å². The molecule has 0 unspecified atom stereocenters. The zero-order valence-electron chi connectivity index (χ0n) is 9.19. The summed E-state index contributed by atoms with van der Waals surface area (Å²) >= 11 is 0. The maximum atomic E-state index is 5.78. The molecule has 2 aromatic rings. The van der Waals surface area contributed by atoms with E-state index in [1.807, 2.05) is 30.5 Å². The molecule has 0 spiro atoms. The maximum absolute atomic E-state index is 5.78. The minimum Gasteiger partial charge on any atom is -0.330 e. The second-order valence-electron chi connectivity index (χ2n) is 4.73. The molecule has 1 heterocycles. The van der Waals surface area contributed by atoms with Gasteiger partial charge in [0.05, 0.1) is 16.7 Å². The van der Waals surface area contributed by atoms with Gasteiger partial charge in [-0.1, -0.05) is 12.1 Å². The van der Waals surface area contributed by atoms with Crippen LogP contribution in [-0.2, 0) is 6.42 Å². The predicted octanol–water partition coefficient (Wildman–Crippen LogP) is 1.91. The first kappa shape index (κ1) is 9.73. The molecule has 82 valence electrons. The van der Waals surface area contributed by atoms with Crippen LogP contribution in [0.25, 0.3) is 11.0 Å². The minimum absolute atomic E-state index is 0.330. The highest BCUT2D eigenvalue weighted by Crippen LogP contribution is 2.46. The number of para-hydroxylation sites is 2. The number of fused-ring (bicyclic) bond motifs is 1. The second-order valence-corrected chi connectivity index (χ2v) is 4.73. The highest BCUT2D eigenvalue weighted by atomic mass is 14.8. The van der Waals surface area contributed by atoms with Gasteiger partial charge in [0.1, 0.15) is 0 Å². The van der Waals surface area contributed by atoms with Gasteiger partial charge < -0.3 is 5.73 Å². The van der Waals surface area contributed by atoms with Crippen LogP contribution in [0.15, 0.2) is 30.5 Å². The summed E-state index contributed by atoms with van der Waals surface area (Å²) in [4.78, 5) is 9.05. The maximum Gasteiger partial charge on any atom is 0.0890 e. The van der Waals surface area contributed by atoms with E-state index in [9.17, 15) is 0 Å². The Kier molecular flexibility index (Phi) is 2.14. The Labute approximate surface area is 94.7 Å². The number of hydrogen-bond acceptors (Lipinski definition) is 3. The quantitative estimate of drug-likeness (QED) is 0.847. The molecular weight excluding hydrogens is 198 g/mol. The molecule has 0 amide bonds. The molecule has 2 N–H and O–H groups in total. The summed E-state index contributed by atoms with van der Waals surface area (Å²) < 4.78 is 0. The van der Waals surface area contributed by atoms with Crippen LogP contribution in [-0.4, -0.2) is 16.5 Å². The third kappa shape index (κ3) is 1.67. The zero-order valence-corrected chi connectivity index (χ0v) is 9.19. The predicted molar refractivity (Wildman–Crippen MR) is 64.0 cm³/mol. The van der Waals surface area contributed by atoms with Gasteiger partial charge in [-0.2, -0.15) is 0 Å². The summed E-state index contributed by atoms with van der Waals surface area (Å²) in [7, 11) is 0. The molecule has 3 heteroatoms. The van der Waals surface area contributed by atoms with Gasteiger partial charge in [0.15, 0.2) is 0 Å². The Bertz CT molecular complexity index is 517. The van der Waals surface area contributed by atoms with Crippen molar-refractivity contribution >= 4 is 11.0 Å². The van der Waals surface area contributed by atoms with E-state index in [0.29, 0.717) is 5.41 Å². The number of benzene rings is 1. The van der Waals surface area contributed by atoms with E-state index >= 15 is 0 Å². The van der Waals surface area contributed by atoms with Crippen molar-refractivity contribution in [3.05, 3.63) is 36.2 Å². The van der Waals surface area contributed by atoms with Gasteiger partial charge in [-0.15, -0.1) is 0 Å². The van der Waals surface area contributed by atoms with Gasteiger partial charge >= 0.3 is 0 Å². The van der Waals surface area contributed by atoms with Gasteiger partial charge in [-0.3, -0.25) is 4.98 Å². The van der Waals surface area contributed by atoms with Crippen molar-refractivity contribution in [2.75, 3.05) is 6.54 Å². The fourth-order valence-corrected chi connectivity index (χ4v) is 2.09. The molecule has 1 saturated carbocycles. The first-order valence-electron chi connectivity index (χ1n) is 5.72. The normalized spacial score (nSPS) is 17.6. The molecule has 0 radical (unpaired) electrons. The number of rotatable bonds is 3. The van der Waals surface area contributed by atoms with E-state index in [1.54, 1.807) is 0 Å². The van der Waals surface area contributed by atoms with E-state index in [4.69, 9.17) is 5.73 Å². The Morgan fingerprint density at radius 3 is 2.62 bits per heavy atom. The third-order valence-electron chi connectivity index (χ3n) is 3.44. The Balaban J connectivity index is 1.93. The SMILES string of the molecule is NCC1(Cc2cnc3ccccc3n2)CC1. The largest absolute Gasteiger partial charge is 0.330 e. The van der Waals surface area contributed by atoms with Crippen molar-refractivity contribution < 1.29 is 0 Å². The summed E-state index contributed by atoms with van der Waals surface area (Å²) in [5, 5.41) is 0. The first-order valence-corrected chi connectivity index (χ1v) is 5.72. The van der Waals surface area contributed by atoms with E-state index in [1.165, 1.54) is 12.8 Å². The van der Waals surface area contributed by atoms with Gasteiger partial charge in [0.25, 0.3) is 0 Å². The summed E-state index contributed by atoms with van der Waals surface area (Å²) in [5.41, 5.74) is 9.12. The van der Waals surface area contributed by atoms with E-state index in [0.717, 1.165) is 29.7 Å². The van der Waals surface area contributed by atoms with Crippen LogP contribution in [0.2, 0.25) is 0 Å². The van der Waals surface area contributed by atoms with Gasteiger partial charge in [-0.25, -0.2) is 4.98 Å². The van der Waals surface area contributed by atoms with Crippen LogP contribution in [0.3, 0.4) is 0 Å². The van der Waals surface area contributed by atoms with Gasteiger partial charge in [0, 0.05) is 6.20 Å². The van der Waals surface area contributed by atoms with Crippen LogP contribution in [0, 0.1) is 5.41 Å². The molecule has 0 atom stereocenters. The molecule has 1 fully saturated rings. The monoisotopic (exact) mass is 213 g/mol. The highest BCUT2D eigenvalue weighted by Gasteiger charge is 2.41. The molecule has 1 aliphatic carbocycles. The molecule has 0 aliphatic heterocycles. The fraction of sp³-hybridized carbons (Fsp3) is 0.385. The average molecular weight is 213 g/mol. The first-order chi connectivity index (χ1) is 7.81.